The molecule has 0 atom stereocenters. The van der Waals surface area contributed by atoms with Gasteiger partial charge in [0, 0.05) is 0 Å². The van der Waals surface area contributed by atoms with Gasteiger partial charge >= 0.3 is 0 Å². The lowest BCUT2D eigenvalue weighted by Crippen LogP contribution is -2.14. The summed E-state index contributed by atoms with van der Waals surface area (Å²) in [5.41, 5.74) is -0.676. The maximum Gasteiger partial charge on any atom is 0.261 e. The Morgan fingerprint density at radius 2 is 1.57 bits per heavy atom. The molecule has 21 heavy (non-hydrogen) atoms. The average Bonchev–Trinajstić information content (AvgIpc) is 2.48. The van der Waals surface area contributed by atoms with E-state index in [9.17, 15) is 21.6 Å². The van der Waals surface area contributed by atoms with Gasteiger partial charge in [-0.3, -0.25) is 4.72 Å². The second-order valence-corrected chi connectivity index (χ2v) is 5.69. The van der Waals surface area contributed by atoms with Gasteiger partial charge in [0.25, 0.3) is 10.0 Å². The van der Waals surface area contributed by atoms with Gasteiger partial charge in [-0.1, -0.05) is 0 Å². The summed E-state index contributed by atoms with van der Waals surface area (Å²) in [6.45, 7) is 0. The van der Waals surface area contributed by atoms with Crippen molar-refractivity contribution in [3.8, 4) is 5.75 Å². The van der Waals surface area contributed by atoms with Crippen molar-refractivity contribution in [2.24, 2.45) is 0 Å². The SMILES string of the molecule is COc1ccc(S(=O)(=O)Nc2ccc(F)c(F)c2F)cc1. The molecule has 8 heteroatoms. The number of hydrogen-bond donors (Lipinski definition) is 1. The van der Waals surface area contributed by atoms with Crippen LogP contribution in [0, 0.1) is 17.5 Å². The molecule has 0 spiro atoms. The van der Waals surface area contributed by atoms with Gasteiger partial charge in [-0.05, 0) is 36.4 Å². The van der Waals surface area contributed by atoms with Crippen LogP contribution in [-0.4, -0.2) is 15.5 Å². The van der Waals surface area contributed by atoms with Crippen molar-refractivity contribution in [1.29, 1.82) is 0 Å². The fourth-order valence-electron chi connectivity index (χ4n) is 1.56. The Balaban J connectivity index is 2.35. The highest BCUT2D eigenvalue weighted by atomic mass is 32.2. The largest absolute Gasteiger partial charge is 0.497 e. The number of halogens is 3. The summed E-state index contributed by atoms with van der Waals surface area (Å²) >= 11 is 0. The van der Waals surface area contributed by atoms with Gasteiger partial charge < -0.3 is 4.74 Å². The zero-order valence-electron chi connectivity index (χ0n) is 10.7. The van der Waals surface area contributed by atoms with Crippen molar-refractivity contribution in [1.82, 2.24) is 0 Å². The second-order valence-electron chi connectivity index (χ2n) is 4.00. The molecule has 0 aliphatic heterocycles. The van der Waals surface area contributed by atoms with E-state index in [1.165, 1.54) is 31.4 Å². The Hall–Kier alpha value is -2.22. The number of ether oxygens (including phenoxy) is 1. The van der Waals surface area contributed by atoms with Crippen molar-refractivity contribution < 1.29 is 26.3 Å². The molecular formula is C13H10F3NO3S. The van der Waals surface area contributed by atoms with E-state index in [2.05, 4.69) is 0 Å². The number of hydrogen-bond acceptors (Lipinski definition) is 3. The van der Waals surface area contributed by atoms with Gasteiger partial charge in [-0.2, -0.15) is 0 Å². The summed E-state index contributed by atoms with van der Waals surface area (Å²) in [6, 6.07) is 6.70. The molecule has 2 rings (SSSR count). The van der Waals surface area contributed by atoms with Crippen molar-refractivity contribution in [3.05, 3.63) is 53.8 Å². The molecule has 0 amide bonds. The molecular weight excluding hydrogens is 307 g/mol. The normalized spacial score (nSPS) is 11.2. The first-order chi connectivity index (χ1) is 9.85. The minimum absolute atomic E-state index is 0.174. The van der Waals surface area contributed by atoms with Crippen LogP contribution in [0.1, 0.15) is 0 Å². The number of methoxy groups -OCH3 is 1. The van der Waals surface area contributed by atoms with E-state index in [1.54, 1.807) is 0 Å². The Morgan fingerprint density at radius 1 is 0.952 bits per heavy atom. The topological polar surface area (TPSA) is 55.4 Å². The zero-order chi connectivity index (χ0) is 15.6. The first-order valence-corrected chi connectivity index (χ1v) is 7.14. The molecule has 0 saturated carbocycles. The summed E-state index contributed by atoms with van der Waals surface area (Å²) in [5.74, 6) is -4.31. The van der Waals surface area contributed by atoms with E-state index in [1.807, 2.05) is 4.72 Å². The van der Waals surface area contributed by atoms with E-state index in [0.717, 1.165) is 6.07 Å². The van der Waals surface area contributed by atoms with Gasteiger partial charge in [-0.15, -0.1) is 0 Å². The lowest BCUT2D eigenvalue weighted by Gasteiger charge is -2.10. The minimum atomic E-state index is -4.13. The number of sulfonamides is 1. The van der Waals surface area contributed by atoms with Crippen LogP contribution in [0.3, 0.4) is 0 Å². The molecule has 0 aliphatic rings. The Morgan fingerprint density at radius 3 is 2.14 bits per heavy atom. The van der Waals surface area contributed by atoms with Crippen LogP contribution in [0.15, 0.2) is 41.3 Å². The molecule has 1 N–H and O–H groups in total. The molecule has 0 unspecified atom stereocenters. The molecule has 2 aromatic carbocycles. The maximum absolute atomic E-state index is 13.5. The molecule has 0 heterocycles. The van der Waals surface area contributed by atoms with Crippen LogP contribution in [0.4, 0.5) is 18.9 Å². The van der Waals surface area contributed by atoms with Gasteiger partial charge in [0.15, 0.2) is 17.5 Å². The van der Waals surface area contributed by atoms with Crippen LogP contribution in [0.25, 0.3) is 0 Å². The summed E-state index contributed by atoms with van der Waals surface area (Å²) in [6.07, 6.45) is 0. The maximum atomic E-state index is 13.5. The van der Waals surface area contributed by atoms with Gasteiger partial charge in [0.2, 0.25) is 0 Å². The molecule has 0 saturated heterocycles. The number of benzene rings is 2. The molecule has 0 aliphatic carbocycles. The molecule has 0 aromatic heterocycles. The summed E-state index contributed by atoms with van der Waals surface area (Å²) < 4.78 is 70.1. The van der Waals surface area contributed by atoms with E-state index in [4.69, 9.17) is 4.74 Å². The van der Waals surface area contributed by atoms with Crippen LogP contribution >= 0.6 is 0 Å². The van der Waals surface area contributed by atoms with Crippen molar-refractivity contribution in [2.75, 3.05) is 11.8 Å². The van der Waals surface area contributed by atoms with E-state index in [-0.39, 0.29) is 4.90 Å². The molecule has 0 bridgehead atoms. The molecule has 112 valence electrons. The lowest BCUT2D eigenvalue weighted by atomic mass is 10.3. The third-order valence-electron chi connectivity index (χ3n) is 2.65. The fraction of sp³-hybridized carbons (Fsp3) is 0.0769. The first-order valence-electron chi connectivity index (χ1n) is 5.65. The van der Waals surface area contributed by atoms with Gasteiger partial charge in [0.1, 0.15) is 5.75 Å². The Kier molecular flexibility index (Phi) is 4.08. The highest BCUT2D eigenvalue weighted by Gasteiger charge is 2.19. The molecule has 4 nitrogen and oxygen atoms in total. The molecule has 2 aromatic rings. The highest BCUT2D eigenvalue weighted by Crippen LogP contribution is 2.23. The predicted molar refractivity (Wildman–Crippen MR) is 70.1 cm³/mol. The van der Waals surface area contributed by atoms with Crippen molar-refractivity contribution in [3.63, 3.8) is 0 Å². The third-order valence-corrected chi connectivity index (χ3v) is 4.03. The second kappa shape index (κ2) is 5.65. The van der Waals surface area contributed by atoms with E-state index < -0.39 is 33.2 Å². The van der Waals surface area contributed by atoms with Crippen LogP contribution in [0.2, 0.25) is 0 Å². The van der Waals surface area contributed by atoms with Gasteiger partial charge in [0.05, 0.1) is 17.7 Å². The number of rotatable bonds is 4. The van der Waals surface area contributed by atoms with Crippen LogP contribution in [0.5, 0.6) is 5.75 Å². The van der Waals surface area contributed by atoms with E-state index in [0.29, 0.717) is 11.8 Å². The smallest absolute Gasteiger partial charge is 0.261 e. The van der Waals surface area contributed by atoms with Crippen LogP contribution in [-0.2, 0) is 10.0 Å². The van der Waals surface area contributed by atoms with Crippen LogP contribution < -0.4 is 9.46 Å². The summed E-state index contributed by atoms with van der Waals surface area (Å²) in [4.78, 5) is -0.174. The lowest BCUT2D eigenvalue weighted by molar-refractivity contribution is 0.414. The van der Waals surface area contributed by atoms with Gasteiger partial charge in [-0.25, -0.2) is 21.6 Å². The Bertz CT molecular complexity index is 761. The van der Waals surface area contributed by atoms with E-state index >= 15 is 0 Å². The quantitative estimate of drug-likeness (QED) is 0.882. The summed E-state index contributed by atoms with van der Waals surface area (Å²) in [5, 5.41) is 0. The number of nitrogens with one attached hydrogen (secondary N) is 1. The minimum Gasteiger partial charge on any atom is -0.497 e. The average molecular weight is 317 g/mol. The monoisotopic (exact) mass is 317 g/mol. The molecule has 0 radical (unpaired) electrons. The van der Waals surface area contributed by atoms with Crippen molar-refractivity contribution >= 4 is 15.7 Å². The summed E-state index contributed by atoms with van der Waals surface area (Å²) in [7, 11) is -2.71. The first kappa shape index (κ1) is 15.2. The standard InChI is InChI=1S/C13H10F3NO3S/c1-20-8-2-4-9(5-3-8)21(18,19)17-11-7-6-10(14)12(15)13(11)16/h2-7,17H,1H3. The predicted octanol–water partition coefficient (Wildman–Crippen LogP) is 2.91. The number of anilines is 1. The Labute approximate surface area is 119 Å². The van der Waals surface area contributed by atoms with Crippen molar-refractivity contribution in [2.45, 2.75) is 4.90 Å². The zero-order valence-corrected chi connectivity index (χ0v) is 11.5. The molecule has 0 fully saturated rings. The third kappa shape index (κ3) is 3.10. The fourth-order valence-corrected chi connectivity index (χ4v) is 2.62. The highest BCUT2D eigenvalue weighted by molar-refractivity contribution is 7.92.